The quantitative estimate of drug-likeness (QED) is 0.328. The lowest BCUT2D eigenvalue weighted by Crippen LogP contribution is -2.30. The number of rotatable bonds is 5. The fourth-order valence-electron chi connectivity index (χ4n) is 2.96. The Morgan fingerprint density at radius 2 is 1.97 bits per heavy atom. The number of amides is 1. The topological polar surface area (TPSA) is 46.3 Å². The Bertz CT molecular complexity index is 1190. The van der Waals surface area contributed by atoms with Gasteiger partial charge in [0.15, 0.2) is 5.13 Å². The van der Waals surface area contributed by atoms with Crippen molar-refractivity contribution >= 4 is 44.4 Å². The third kappa shape index (κ3) is 4.08. The fourth-order valence-corrected chi connectivity index (χ4v) is 4.58. The number of carbonyl (C=O) groups excluding carboxylic acids is 1. The van der Waals surface area contributed by atoms with Crippen molar-refractivity contribution in [1.29, 1.82) is 0 Å². The summed E-state index contributed by atoms with van der Waals surface area (Å²) in [6.45, 7) is 0.0521. The van der Waals surface area contributed by atoms with Crippen LogP contribution in [0.25, 0.3) is 10.2 Å². The van der Waals surface area contributed by atoms with Crippen LogP contribution in [0.3, 0.4) is 0 Å². The van der Waals surface area contributed by atoms with E-state index in [2.05, 4.69) is 4.98 Å². The molecule has 1 amide bonds. The molecule has 9 heteroatoms. The number of thioether (sulfide) groups is 1. The molecule has 0 unspecified atom stereocenters. The smallest absolute Gasteiger partial charge is 0.416 e. The van der Waals surface area contributed by atoms with Crippen LogP contribution in [0.5, 0.6) is 0 Å². The number of benzene rings is 2. The molecule has 154 valence electrons. The number of halogens is 3. The van der Waals surface area contributed by atoms with Crippen LogP contribution in [-0.4, -0.2) is 17.1 Å². The van der Waals surface area contributed by atoms with E-state index in [0.717, 1.165) is 27.2 Å². The summed E-state index contributed by atoms with van der Waals surface area (Å²) >= 11 is 2.84. The minimum Gasteiger partial charge on any atom is -0.467 e. The van der Waals surface area contributed by atoms with Gasteiger partial charge in [0.05, 0.1) is 28.6 Å². The summed E-state index contributed by atoms with van der Waals surface area (Å²) in [7, 11) is 0. The molecule has 30 heavy (non-hydrogen) atoms. The van der Waals surface area contributed by atoms with E-state index in [-0.39, 0.29) is 12.1 Å². The highest BCUT2D eigenvalue weighted by Crippen LogP contribution is 2.36. The van der Waals surface area contributed by atoms with Gasteiger partial charge in [-0.2, -0.15) is 13.2 Å². The molecule has 0 spiro atoms. The van der Waals surface area contributed by atoms with Crippen LogP contribution in [0.2, 0.25) is 0 Å². The first-order valence-corrected chi connectivity index (χ1v) is 10.9. The molecule has 0 aliphatic carbocycles. The van der Waals surface area contributed by atoms with E-state index in [9.17, 15) is 18.0 Å². The maximum Gasteiger partial charge on any atom is 0.416 e. The zero-order valence-corrected chi connectivity index (χ0v) is 17.3. The summed E-state index contributed by atoms with van der Waals surface area (Å²) < 4.78 is 45.6. The molecule has 0 saturated heterocycles. The lowest BCUT2D eigenvalue weighted by Gasteiger charge is -2.19. The second kappa shape index (κ2) is 8.16. The number of carbonyl (C=O) groups is 1. The van der Waals surface area contributed by atoms with Crippen LogP contribution in [-0.2, 0) is 12.7 Å². The molecule has 0 fully saturated rings. The van der Waals surface area contributed by atoms with Gasteiger partial charge in [0.1, 0.15) is 5.76 Å². The summed E-state index contributed by atoms with van der Waals surface area (Å²) in [4.78, 5) is 20.2. The van der Waals surface area contributed by atoms with Gasteiger partial charge in [-0.15, -0.1) is 11.8 Å². The van der Waals surface area contributed by atoms with E-state index >= 15 is 0 Å². The molecule has 0 radical (unpaired) electrons. The Morgan fingerprint density at radius 3 is 2.67 bits per heavy atom. The fraction of sp³-hybridized carbons (Fsp3) is 0.143. The number of hydrogen-bond donors (Lipinski definition) is 0. The van der Waals surface area contributed by atoms with Crippen LogP contribution in [0, 0.1) is 0 Å². The van der Waals surface area contributed by atoms with Gasteiger partial charge in [-0.05, 0) is 48.7 Å². The Balaban J connectivity index is 1.78. The highest BCUT2D eigenvalue weighted by atomic mass is 32.2. The summed E-state index contributed by atoms with van der Waals surface area (Å²) in [6, 6.07) is 13.5. The second-order valence-electron chi connectivity index (χ2n) is 6.35. The molecular weight excluding hydrogens is 433 g/mol. The van der Waals surface area contributed by atoms with Crippen LogP contribution in [0.1, 0.15) is 21.7 Å². The van der Waals surface area contributed by atoms with Gasteiger partial charge in [0.25, 0.3) is 5.91 Å². The maximum atomic E-state index is 13.3. The minimum absolute atomic E-state index is 0.0521. The van der Waals surface area contributed by atoms with Crippen molar-refractivity contribution in [1.82, 2.24) is 4.98 Å². The van der Waals surface area contributed by atoms with E-state index in [4.69, 9.17) is 4.42 Å². The van der Waals surface area contributed by atoms with Crippen molar-refractivity contribution in [2.75, 3.05) is 11.2 Å². The molecule has 4 aromatic rings. The number of furan rings is 1. The molecule has 0 aliphatic rings. The average molecular weight is 448 g/mol. The average Bonchev–Trinajstić information content (AvgIpc) is 3.40. The maximum absolute atomic E-state index is 13.3. The summed E-state index contributed by atoms with van der Waals surface area (Å²) in [5, 5.41) is 0.394. The van der Waals surface area contributed by atoms with Crippen LogP contribution in [0.15, 0.2) is 70.2 Å². The molecule has 4 nitrogen and oxygen atoms in total. The molecule has 0 N–H and O–H groups in total. The van der Waals surface area contributed by atoms with Gasteiger partial charge >= 0.3 is 6.18 Å². The highest BCUT2D eigenvalue weighted by Gasteiger charge is 2.32. The molecule has 0 aliphatic heterocycles. The molecule has 4 rings (SSSR count). The Kier molecular flexibility index (Phi) is 5.57. The predicted molar refractivity (Wildman–Crippen MR) is 112 cm³/mol. The van der Waals surface area contributed by atoms with Crippen molar-refractivity contribution < 1.29 is 22.4 Å². The minimum atomic E-state index is -4.54. The van der Waals surface area contributed by atoms with Gasteiger partial charge in [-0.25, -0.2) is 4.98 Å². The standard InChI is InChI=1S/C21H15F3N2O2S2/c1-29-16-8-3-9-17-18(16)25-20(30-17)26(12-15-7-4-10-28-15)19(27)13-5-2-6-14(11-13)21(22,23)24/h2-11H,12H2,1H3. The van der Waals surface area contributed by atoms with E-state index < -0.39 is 17.6 Å². The number of alkyl halides is 3. The number of fused-ring (bicyclic) bond motifs is 1. The lowest BCUT2D eigenvalue weighted by atomic mass is 10.1. The summed E-state index contributed by atoms with van der Waals surface area (Å²) in [6.07, 6.45) is -1.13. The normalized spacial score (nSPS) is 11.7. The molecule has 0 saturated carbocycles. The number of aromatic nitrogens is 1. The SMILES string of the molecule is CSc1cccc2sc(N(Cc3ccco3)C(=O)c3cccc(C(F)(F)F)c3)nc12. The van der Waals surface area contributed by atoms with Crippen molar-refractivity contribution in [3.05, 3.63) is 77.7 Å². The Morgan fingerprint density at radius 1 is 1.17 bits per heavy atom. The summed E-state index contributed by atoms with van der Waals surface area (Å²) in [5.41, 5.74) is -0.188. The molecule has 0 bridgehead atoms. The first-order valence-electron chi connectivity index (χ1n) is 8.82. The Hall–Kier alpha value is -2.78. The van der Waals surface area contributed by atoms with E-state index in [1.54, 1.807) is 12.1 Å². The molecule has 2 aromatic heterocycles. The lowest BCUT2D eigenvalue weighted by molar-refractivity contribution is -0.137. The molecule has 2 heterocycles. The van der Waals surface area contributed by atoms with Crippen molar-refractivity contribution in [2.24, 2.45) is 0 Å². The second-order valence-corrected chi connectivity index (χ2v) is 8.21. The zero-order chi connectivity index (χ0) is 21.3. The zero-order valence-electron chi connectivity index (χ0n) is 15.6. The van der Waals surface area contributed by atoms with Crippen LogP contribution in [0.4, 0.5) is 18.3 Å². The predicted octanol–water partition coefficient (Wildman–Crippen LogP) is 6.48. The number of hydrogen-bond acceptors (Lipinski definition) is 5. The largest absolute Gasteiger partial charge is 0.467 e. The Labute approximate surface area is 178 Å². The summed E-state index contributed by atoms with van der Waals surface area (Å²) in [5.74, 6) is -0.0815. The first kappa shape index (κ1) is 20.5. The van der Waals surface area contributed by atoms with E-state index in [0.29, 0.717) is 10.9 Å². The van der Waals surface area contributed by atoms with Crippen molar-refractivity contribution in [3.8, 4) is 0 Å². The number of anilines is 1. The van der Waals surface area contributed by atoms with Crippen molar-refractivity contribution in [3.63, 3.8) is 0 Å². The first-order chi connectivity index (χ1) is 14.4. The number of thiazole rings is 1. The van der Waals surface area contributed by atoms with Crippen LogP contribution < -0.4 is 4.90 Å². The third-order valence-electron chi connectivity index (χ3n) is 4.40. The molecular formula is C21H15F3N2O2S2. The van der Waals surface area contributed by atoms with E-state index in [1.807, 2.05) is 24.5 Å². The number of para-hydroxylation sites is 1. The van der Waals surface area contributed by atoms with Gasteiger partial charge in [-0.1, -0.05) is 23.5 Å². The monoisotopic (exact) mass is 448 g/mol. The van der Waals surface area contributed by atoms with Gasteiger partial charge in [-0.3, -0.25) is 9.69 Å². The van der Waals surface area contributed by atoms with Gasteiger partial charge < -0.3 is 4.42 Å². The highest BCUT2D eigenvalue weighted by molar-refractivity contribution is 7.98. The molecule has 2 aromatic carbocycles. The van der Waals surface area contributed by atoms with Gasteiger partial charge in [0.2, 0.25) is 0 Å². The van der Waals surface area contributed by atoms with Crippen LogP contribution >= 0.6 is 23.1 Å². The van der Waals surface area contributed by atoms with Gasteiger partial charge in [0, 0.05) is 10.5 Å². The molecule has 0 atom stereocenters. The number of nitrogens with zero attached hydrogens (tertiary/aromatic N) is 2. The van der Waals surface area contributed by atoms with Crippen molar-refractivity contribution in [2.45, 2.75) is 17.6 Å². The van der Waals surface area contributed by atoms with E-state index in [1.165, 1.54) is 46.4 Å². The third-order valence-corrected chi connectivity index (χ3v) is 6.21.